The number of thiophene rings is 1. The molecule has 6 nitrogen and oxygen atoms in total. The molecule has 33 heavy (non-hydrogen) atoms. The number of carbonyl (C=O) groups is 2. The Hall–Kier alpha value is -3.16. The Labute approximate surface area is 197 Å². The molecule has 2 aliphatic heterocycles. The molecule has 2 aromatic carbocycles. The van der Waals surface area contributed by atoms with E-state index in [1.807, 2.05) is 46.7 Å². The van der Waals surface area contributed by atoms with Gasteiger partial charge in [0.05, 0.1) is 11.4 Å². The van der Waals surface area contributed by atoms with Gasteiger partial charge in [0.1, 0.15) is 0 Å². The van der Waals surface area contributed by atoms with Crippen LogP contribution in [0.4, 0.5) is 11.4 Å². The molecular weight excluding hydrogens is 434 g/mol. The van der Waals surface area contributed by atoms with Crippen molar-refractivity contribution in [1.29, 1.82) is 0 Å². The first-order valence-corrected chi connectivity index (χ1v) is 12.2. The second-order valence-electron chi connectivity index (χ2n) is 8.66. The molecule has 170 valence electrons. The van der Waals surface area contributed by atoms with Crippen LogP contribution in [0.1, 0.15) is 39.1 Å². The quantitative estimate of drug-likeness (QED) is 0.541. The maximum atomic E-state index is 13.0. The third kappa shape index (κ3) is 4.65. The van der Waals surface area contributed by atoms with Crippen molar-refractivity contribution in [3.63, 3.8) is 0 Å². The molecule has 2 aliphatic rings. The highest BCUT2D eigenvalue weighted by Crippen LogP contribution is 2.31. The normalized spacial score (nSPS) is 16.5. The van der Waals surface area contributed by atoms with E-state index in [1.54, 1.807) is 23.5 Å². The number of benzene rings is 2. The lowest BCUT2D eigenvalue weighted by Gasteiger charge is -2.33. The van der Waals surface area contributed by atoms with Crippen LogP contribution in [0.5, 0.6) is 0 Å². The van der Waals surface area contributed by atoms with Gasteiger partial charge in [0, 0.05) is 42.3 Å². The molecule has 2 amide bonds. The summed E-state index contributed by atoms with van der Waals surface area (Å²) in [5.74, 6) is 0.331. The first kappa shape index (κ1) is 21.7. The number of ether oxygens (including phenoxy) is 1. The number of anilines is 2. The number of hydrogen-bond donors (Lipinski definition) is 2. The van der Waals surface area contributed by atoms with Crippen molar-refractivity contribution in [3.8, 4) is 10.4 Å². The summed E-state index contributed by atoms with van der Waals surface area (Å²) < 4.78 is 5.43. The molecule has 0 saturated carbocycles. The Balaban J connectivity index is 1.30. The Morgan fingerprint density at radius 1 is 1.15 bits per heavy atom. The standard InChI is InChI=1S/C26H27N3O3S/c27-22-6-4-19(24-2-1-13-33-24)15-23(22)28-25(30)20-3-5-21-18(14-20)7-10-29(26(21)31)16-17-8-11-32-12-9-17/h1-6,13-15,17H,7-12,16,27H2,(H,28,30). The number of nitrogens with two attached hydrogens (primary N) is 1. The van der Waals surface area contributed by atoms with Gasteiger partial charge >= 0.3 is 0 Å². The van der Waals surface area contributed by atoms with Crippen LogP contribution >= 0.6 is 11.3 Å². The Morgan fingerprint density at radius 3 is 2.79 bits per heavy atom. The van der Waals surface area contributed by atoms with E-state index in [-0.39, 0.29) is 11.8 Å². The number of rotatable bonds is 5. The van der Waals surface area contributed by atoms with Gasteiger partial charge in [-0.15, -0.1) is 11.3 Å². The summed E-state index contributed by atoms with van der Waals surface area (Å²) in [5.41, 5.74) is 10.4. The van der Waals surface area contributed by atoms with E-state index in [0.717, 1.165) is 55.0 Å². The van der Waals surface area contributed by atoms with Crippen molar-refractivity contribution in [3.05, 3.63) is 70.6 Å². The predicted octanol–water partition coefficient (Wildman–Crippen LogP) is 4.67. The highest BCUT2D eigenvalue weighted by molar-refractivity contribution is 7.13. The summed E-state index contributed by atoms with van der Waals surface area (Å²) in [6, 6.07) is 15.0. The van der Waals surface area contributed by atoms with Crippen LogP contribution in [0.3, 0.4) is 0 Å². The summed E-state index contributed by atoms with van der Waals surface area (Å²) in [6.07, 6.45) is 2.76. The molecule has 3 N–H and O–H groups in total. The summed E-state index contributed by atoms with van der Waals surface area (Å²) in [6.45, 7) is 3.03. The predicted molar refractivity (Wildman–Crippen MR) is 132 cm³/mol. The molecule has 0 unspecified atom stereocenters. The molecule has 1 saturated heterocycles. The minimum atomic E-state index is -0.232. The molecule has 3 aromatic rings. The van der Waals surface area contributed by atoms with E-state index in [9.17, 15) is 9.59 Å². The van der Waals surface area contributed by atoms with Gasteiger partial charge in [-0.2, -0.15) is 0 Å². The zero-order valence-electron chi connectivity index (χ0n) is 18.4. The molecule has 0 bridgehead atoms. The highest BCUT2D eigenvalue weighted by atomic mass is 32.1. The van der Waals surface area contributed by atoms with Crippen molar-refractivity contribution in [2.24, 2.45) is 5.92 Å². The van der Waals surface area contributed by atoms with Crippen LogP contribution in [0.15, 0.2) is 53.9 Å². The largest absolute Gasteiger partial charge is 0.397 e. The fourth-order valence-corrected chi connectivity index (χ4v) is 5.27. The topological polar surface area (TPSA) is 84.7 Å². The van der Waals surface area contributed by atoms with Gasteiger partial charge in [0.2, 0.25) is 0 Å². The monoisotopic (exact) mass is 461 g/mol. The van der Waals surface area contributed by atoms with Gasteiger partial charge in [-0.05, 0) is 78.1 Å². The van der Waals surface area contributed by atoms with Crippen molar-refractivity contribution in [2.45, 2.75) is 19.3 Å². The molecule has 1 aromatic heterocycles. The lowest BCUT2D eigenvalue weighted by Crippen LogP contribution is -2.41. The second kappa shape index (κ2) is 9.37. The third-order valence-corrected chi connectivity index (χ3v) is 7.38. The van der Waals surface area contributed by atoms with Crippen LogP contribution in [-0.2, 0) is 11.2 Å². The molecule has 5 rings (SSSR count). The fourth-order valence-electron chi connectivity index (χ4n) is 4.55. The van der Waals surface area contributed by atoms with Gasteiger partial charge < -0.3 is 20.7 Å². The highest BCUT2D eigenvalue weighted by Gasteiger charge is 2.28. The minimum absolute atomic E-state index is 0.0580. The van der Waals surface area contributed by atoms with Crippen molar-refractivity contribution >= 4 is 34.5 Å². The zero-order valence-corrected chi connectivity index (χ0v) is 19.2. The molecule has 0 aliphatic carbocycles. The van der Waals surface area contributed by atoms with Gasteiger partial charge in [-0.25, -0.2) is 0 Å². The first-order chi connectivity index (χ1) is 16.1. The average molecular weight is 462 g/mol. The molecular formula is C26H27N3O3S. The Kier molecular flexibility index (Phi) is 6.15. The number of nitrogens with zero attached hydrogens (tertiary/aromatic N) is 1. The van der Waals surface area contributed by atoms with E-state index < -0.39 is 0 Å². The number of fused-ring (bicyclic) bond motifs is 1. The van der Waals surface area contributed by atoms with E-state index in [0.29, 0.717) is 35.0 Å². The molecule has 0 atom stereocenters. The van der Waals surface area contributed by atoms with E-state index >= 15 is 0 Å². The van der Waals surface area contributed by atoms with Crippen LogP contribution in [-0.4, -0.2) is 43.0 Å². The van der Waals surface area contributed by atoms with Crippen LogP contribution < -0.4 is 11.1 Å². The summed E-state index contributed by atoms with van der Waals surface area (Å²) in [7, 11) is 0. The number of amides is 2. The molecule has 3 heterocycles. The molecule has 7 heteroatoms. The van der Waals surface area contributed by atoms with Gasteiger partial charge in [0.25, 0.3) is 11.8 Å². The summed E-state index contributed by atoms with van der Waals surface area (Å²) in [4.78, 5) is 29.1. The average Bonchev–Trinajstić information content (AvgIpc) is 3.38. The first-order valence-electron chi connectivity index (χ1n) is 11.3. The van der Waals surface area contributed by atoms with Gasteiger partial charge in [-0.3, -0.25) is 9.59 Å². The SMILES string of the molecule is Nc1ccc(-c2cccs2)cc1NC(=O)c1ccc2c(c1)CCN(CC1CCOCC1)C2=O. The molecule has 1 fully saturated rings. The van der Waals surface area contributed by atoms with E-state index in [4.69, 9.17) is 10.5 Å². The lowest BCUT2D eigenvalue weighted by atomic mass is 9.94. The summed E-state index contributed by atoms with van der Waals surface area (Å²) in [5, 5.41) is 4.96. The maximum absolute atomic E-state index is 13.0. The third-order valence-electron chi connectivity index (χ3n) is 6.46. The number of hydrogen-bond acceptors (Lipinski definition) is 5. The van der Waals surface area contributed by atoms with Gasteiger partial charge in [0.15, 0.2) is 0 Å². The Morgan fingerprint density at radius 2 is 2.00 bits per heavy atom. The van der Waals surface area contributed by atoms with Crippen molar-refractivity contribution in [1.82, 2.24) is 4.90 Å². The van der Waals surface area contributed by atoms with Crippen molar-refractivity contribution in [2.75, 3.05) is 37.4 Å². The number of carbonyl (C=O) groups excluding carboxylic acids is 2. The number of nitrogen functional groups attached to an aromatic ring is 1. The van der Waals surface area contributed by atoms with Crippen molar-refractivity contribution < 1.29 is 14.3 Å². The molecule has 0 radical (unpaired) electrons. The zero-order chi connectivity index (χ0) is 22.8. The van der Waals surface area contributed by atoms with Crippen LogP contribution in [0, 0.1) is 5.92 Å². The number of nitrogens with one attached hydrogen (secondary N) is 1. The minimum Gasteiger partial charge on any atom is -0.397 e. The molecule has 0 spiro atoms. The lowest BCUT2D eigenvalue weighted by molar-refractivity contribution is 0.0449. The second-order valence-corrected chi connectivity index (χ2v) is 9.61. The van der Waals surface area contributed by atoms with Crippen LogP contribution in [0.25, 0.3) is 10.4 Å². The smallest absolute Gasteiger partial charge is 0.255 e. The van der Waals surface area contributed by atoms with Gasteiger partial charge in [-0.1, -0.05) is 12.1 Å². The summed E-state index contributed by atoms with van der Waals surface area (Å²) >= 11 is 1.64. The fraction of sp³-hybridized carbons (Fsp3) is 0.308. The van der Waals surface area contributed by atoms with Crippen LogP contribution in [0.2, 0.25) is 0 Å². The maximum Gasteiger partial charge on any atom is 0.255 e. The Bertz CT molecular complexity index is 1170. The van der Waals surface area contributed by atoms with E-state index in [2.05, 4.69) is 5.32 Å². The van der Waals surface area contributed by atoms with E-state index in [1.165, 1.54) is 0 Å².